The van der Waals surface area contributed by atoms with Crippen molar-refractivity contribution in [1.29, 1.82) is 0 Å². The molecular weight excluding hydrogens is 228 g/mol. The minimum Gasteiger partial charge on any atom is -0.486 e. The van der Waals surface area contributed by atoms with E-state index in [1.807, 2.05) is 24.3 Å². The molecule has 2 unspecified atom stereocenters. The Hall–Kier alpha value is -1.26. The Morgan fingerprint density at radius 2 is 2.11 bits per heavy atom. The number of hydrogen-bond donors (Lipinski definition) is 2. The van der Waals surface area contributed by atoms with Crippen molar-refractivity contribution in [1.82, 2.24) is 5.43 Å². The van der Waals surface area contributed by atoms with E-state index in [1.54, 1.807) is 0 Å². The van der Waals surface area contributed by atoms with E-state index in [-0.39, 0.29) is 12.1 Å². The molecule has 0 aliphatic carbocycles. The Kier molecular flexibility index (Phi) is 4.84. The van der Waals surface area contributed by atoms with Gasteiger partial charge in [-0.25, -0.2) is 0 Å². The molecule has 0 saturated heterocycles. The molecule has 1 aliphatic heterocycles. The van der Waals surface area contributed by atoms with Crippen LogP contribution in [0.25, 0.3) is 0 Å². The lowest BCUT2D eigenvalue weighted by molar-refractivity contribution is 0.0587. The fourth-order valence-electron chi connectivity index (χ4n) is 2.22. The number of benzene rings is 1. The Labute approximate surface area is 108 Å². The maximum atomic E-state index is 5.95. The normalized spacial score (nSPS) is 19.6. The molecule has 3 N–H and O–H groups in total. The highest BCUT2D eigenvalue weighted by molar-refractivity contribution is 5.40. The number of hydrogen-bond acceptors (Lipinski definition) is 4. The maximum Gasteiger partial charge on any atom is 0.161 e. The first-order valence-electron chi connectivity index (χ1n) is 6.69. The summed E-state index contributed by atoms with van der Waals surface area (Å²) in [6, 6.07) is 7.90. The molecular formula is C14H22N2O2. The van der Waals surface area contributed by atoms with Gasteiger partial charge in [0, 0.05) is 0 Å². The minimum atomic E-state index is -0.0123. The third kappa shape index (κ3) is 3.15. The number of hydrazine groups is 1. The van der Waals surface area contributed by atoms with Crippen molar-refractivity contribution < 1.29 is 9.47 Å². The van der Waals surface area contributed by atoms with Gasteiger partial charge in [-0.05, 0) is 18.6 Å². The van der Waals surface area contributed by atoms with Crippen molar-refractivity contribution in [3.63, 3.8) is 0 Å². The highest BCUT2D eigenvalue weighted by Crippen LogP contribution is 2.32. The van der Waals surface area contributed by atoms with E-state index in [0.717, 1.165) is 24.3 Å². The van der Waals surface area contributed by atoms with E-state index in [0.29, 0.717) is 6.61 Å². The summed E-state index contributed by atoms with van der Waals surface area (Å²) in [4.78, 5) is 0. The summed E-state index contributed by atoms with van der Waals surface area (Å²) >= 11 is 0. The van der Waals surface area contributed by atoms with Crippen LogP contribution in [0.1, 0.15) is 32.6 Å². The molecule has 1 aromatic rings. The Balaban J connectivity index is 1.93. The first-order valence-corrected chi connectivity index (χ1v) is 6.69. The zero-order valence-corrected chi connectivity index (χ0v) is 10.9. The highest BCUT2D eigenvalue weighted by Gasteiger charge is 2.27. The fourth-order valence-corrected chi connectivity index (χ4v) is 2.22. The molecule has 2 atom stereocenters. The monoisotopic (exact) mass is 250 g/mol. The van der Waals surface area contributed by atoms with E-state index in [2.05, 4.69) is 12.3 Å². The van der Waals surface area contributed by atoms with E-state index < -0.39 is 0 Å². The van der Waals surface area contributed by atoms with Crippen molar-refractivity contribution in [2.75, 3.05) is 6.61 Å². The fraction of sp³-hybridized carbons (Fsp3) is 0.571. The van der Waals surface area contributed by atoms with Gasteiger partial charge in [-0.1, -0.05) is 38.3 Å². The summed E-state index contributed by atoms with van der Waals surface area (Å²) in [5.41, 5.74) is 2.86. The van der Waals surface area contributed by atoms with Gasteiger partial charge in [0.2, 0.25) is 0 Å². The first kappa shape index (κ1) is 13.2. The van der Waals surface area contributed by atoms with Crippen LogP contribution in [-0.2, 0) is 0 Å². The number of fused-ring (bicyclic) bond motifs is 1. The molecule has 0 spiro atoms. The van der Waals surface area contributed by atoms with Crippen molar-refractivity contribution in [3.8, 4) is 11.5 Å². The van der Waals surface area contributed by atoms with Crippen LogP contribution in [0.4, 0.5) is 0 Å². The van der Waals surface area contributed by atoms with E-state index >= 15 is 0 Å². The van der Waals surface area contributed by atoms with Crippen LogP contribution in [0.2, 0.25) is 0 Å². The zero-order chi connectivity index (χ0) is 12.8. The molecule has 0 saturated carbocycles. The molecule has 100 valence electrons. The zero-order valence-electron chi connectivity index (χ0n) is 10.9. The van der Waals surface area contributed by atoms with Crippen molar-refractivity contribution >= 4 is 0 Å². The molecule has 1 aromatic carbocycles. The lowest BCUT2D eigenvalue weighted by Crippen LogP contribution is -2.50. The number of nitrogens with two attached hydrogens (primary N) is 1. The summed E-state index contributed by atoms with van der Waals surface area (Å²) in [7, 11) is 0. The summed E-state index contributed by atoms with van der Waals surface area (Å²) in [5, 5.41) is 0. The molecule has 18 heavy (non-hydrogen) atoms. The SMILES string of the molecule is CCCCCC(NN)C1COc2ccccc2O1. The van der Waals surface area contributed by atoms with Crippen LogP contribution in [0.15, 0.2) is 24.3 Å². The molecule has 2 rings (SSSR count). The van der Waals surface area contributed by atoms with Gasteiger partial charge in [0.1, 0.15) is 12.7 Å². The molecule has 4 heteroatoms. The van der Waals surface area contributed by atoms with Crippen LogP contribution < -0.4 is 20.7 Å². The van der Waals surface area contributed by atoms with Crippen LogP contribution in [0.5, 0.6) is 11.5 Å². The van der Waals surface area contributed by atoms with E-state index in [4.69, 9.17) is 15.3 Å². The van der Waals surface area contributed by atoms with Crippen LogP contribution in [0.3, 0.4) is 0 Å². The van der Waals surface area contributed by atoms with Crippen molar-refractivity contribution in [2.24, 2.45) is 5.84 Å². The summed E-state index contributed by atoms with van der Waals surface area (Å²) in [6.07, 6.45) is 4.60. The third-order valence-electron chi connectivity index (χ3n) is 3.31. The van der Waals surface area contributed by atoms with Gasteiger partial charge in [-0.2, -0.15) is 0 Å². The Morgan fingerprint density at radius 3 is 2.83 bits per heavy atom. The molecule has 0 bridgehead atoms. The summed E-state index contributed by atoms with van der Waals surface area (Å²) < 4.78 is 11.7. The molecule has 0 radical (unpaired) electrons. The van der Waals surface area contributed by atoms with Crippen LogP contribution in [-0.4, -0.2) is 18.8 Å². The Morgan fingerprint density at radius 1 is 1.33 bits per heavy atom. The van der Waals surface area contributed by atoms with E-state index in [9.17, 15) is 0 Å². The van der Waals surface area contributed by atoms with Gasteiger partial charge >= 0.3 is 0 Å². The number of nitrogens with one attached hydrogen (secondary N) is 1. The van der Waals surface area contributed by atoms with Crippen molar-refractivity contribution in [2.45, 2.75) is 44.8 Å². The lowest BCUT2D eigenvalue weighted by atomic mass is 10.0. The first-order chi connectivity index (χ1) is 8.85. The molecule has 0 amide bonds. The second-order valence-corrected chi connectivity index (χ2v) is 4.68. The Bertz CT molecular complexity index is 371. The van der Waals surface area contributed by atoms with Crippen LogP contribution in [0, 0.1) is 0 Å². The van der Waals surface area contributed by atoms with Gasteiger partial charge in [0.15, 0.2) is 11.5 Å². The molecule has 0 aromatic heterocycles. The molecule has 4 nitrogen and oxygen atoms in total. The lowest BCUT2D eigenvalue weighted by Gasteiger charge is -2.31. The van der Waals surface area contributed by atoms with Gasteiger partial charge in [-0.15, -0.1) is 0 Å². The summed E-state index contributed by atoms with van der Waals surface area (Å²) in [5.74, 6) is 7.25. The van der Waals surface area contributed by atoms with Gasteiger partial charge in [0.05, 0.1) is 6.04 Å². The maximum absolute atomic E-state index is 5.95. The quantitative estimate of drug-likeness (QED) is 0.462. The van der Waals surface area contributed by atoms with Crippen LogP contribution >= 0.6 is 0 Å². The topological polar surface area (TPSA) is 56.5 Å². The number of para-hydroxylation sites is 2. The molecule has 1 heterocycles. The van der Waals surface area contributed by atoms with Crippen molar-refractivity contribution in [3.05, 3.63) is 24.3 Å². The predicted molar refractivity (Wildman–Crippen MR) is 71.6 cm³/mol. The number of unbranched alkanes of at least 4 members (excludes halogenated alkanes) is 2. The van der Waals surface area contributed by atoms with Gasteiger partial charge < -0.3 is 9.47 Å². The minimum absolute atomic E-state index is 0.0123. The number of ether oxygens (including phenoxy) is 2. The third-order valence-corrected chi connectivity index (χ3v) is 3.31. The van der Waals surface area contributed by atoms with Gasteiger partial charge in [0.25, 0.3) is 0 Å². The average Bonchev–Trinajstić information content (AvgIpc) is 2.43. The summed E-state index contributed by atoms with van der Waals surface area (Å²) in [6.45, 7) is 2.75. The predicted octanol–water partition coefficient (Wildman–Crippen LogP) is 2.24. The standard InChI is InChI=1S/C14H22N2O2/c1-2-3-4-7-11(16-15)14-10-17-12-8-5-6-9-13(12)18-14/h5-6,8-9,11,14,16H,2-4,7,10,15H2,1H3. The second kappa shape index (κ2) is 6.61. The molecule has 0 fully saturated rings. The molecule has 1 aliphatic rings. The largest absolute Gasteiger partial charge is 0.486 e. The highest BCUT2D eigenvalue weighted by atomic mass is 16.6. The average molecular weight is 250 g/mol. The van der Waals surface area contributed by atoms with E-state index in [1.165, 1.54) is 12.8 Å². The second-order valence-electron chi connectivity index (χ2n) is 4.68. The van der Waals surface area contributed by atoms with Gasteiger partial charge in [-0.3, -0.25) is 11.3 Å². The number of rotatable bonds is 6. The smallest absolute Gasteiger partial charge is 0.161 e.